The van der Waals surface area contributed by atoms with Crippen LogP contribution in [0.15, 0.2) is 54.6 Å². The number of nitrogens with two attached hydrogens (primary N) is 1. The van der Waals surface area contributed by atoms with Gasteiger partial charge in [0.05, 0.1) is 6.04 Å². The minimum Gasteiger partial charge on any atom is -0.333 e. The summed E-state index contributed by atoms with van der Waals surface area (Å²) >= 11 is 6.11. The molecule has 0 radical (unpaired) electrons. The average molecular weight is 344 g/mol. The molecule has 2 atom stereocenters. The largest absolute Gasteiger partial charge is 0.333 e. The van der Waals surface area contributed by atoms with Crippen molar-refractivity contribution in [3.8, 4) is 0 Å². The summed E-state index contributed by atoms with van der Waals surface area (Å²) in [6.07, 6.45) is 0.307. The van der Waals surface area contributed by atoms with Crippen molar-refractivity contribution in [2.45, 2.75) is 18.5 Å². The van der Waals surface area contributed by atoms with Gasteiger partial charge in [-0.15, -0.1) is 0 Å². The van der Waals surface area contributed by atoms with E-state index in [0.29, 0.717) is 18.0 Å². The molecule has 126 valence electrons. The van der Waals surface area contributed by atoms with Gasteiger partial charge >= 0.3 is 0 Å². The van der Waals surface area contributed by atoms with Crippen LogP contribution < -0.4 is 11.1 Å². The van der Waals surface area contributed by atoms with Crippen LogP contribution in [-0.4, -0.2) is 30.4 Å². The van der Waals surface area contributed by atoms with Crippen molar-refractivity contribution in [3.05, 3.63) is 70.7 Å². The van der Waals surface area contributed by atoms with Crippen LogP contribution in [0, 0.1) is 0 Å². The minimum absolute atomic E-state index is 0.00655. The molecule has 1 saturated heterocycles. The Hall–Kier alpha value is -1.88. The van der Waals surface area contributed by atoms with Crippen LogP contribution >= 0.6 is 11.6 Å². The molecule has 0 saturated carbocycles. The Morgan fingerprint density at radius 3 is 2.79 bits per heavy atom. The Balaban J connectivity index is 1.74. The molecule has 0 spiro atoms. The highest BCUT2D eigenvalue weighted by atomic mass is 35.5. The Bertz CT molecular complexity index is 692. The molecule has 24 heavy (non-hydrogen) atoms. The highest BCUT2D eigenvalue weighted by Gasteiger charge is 2.28. The number of halogens is 1. The third-order valence-electron chi connectivity index (χ3n) is 4.42. The smallest absolute Gasteiger partial charge is 0.225 e. The summed E-state index contributed by atoms with van der Waals surface area (Å²) in [4.78, 5) is 14.8. The van der Waals surface area contributed by atoms with E-state index in [1.807, 2.05) is 59.5 Å². The maximum Gasteiger partial charge on any atom is 0.225 e. The summed E-state index contributed by atoms with van der Waals surface area (Å²) in [7, 11) is 0. The van der Waals surface area contributed by atoms with Gasteiger partial charge in [-0.05, 0) is 23.3 Å². The van der Waals surface area contributed by atoms with E-state index in [-0.39, 0.29) is 18.0 Å². The van der Waals surface area contributed by atoms with Crippen molar-refractivity contribution < 1.29 is 4.79 Å². The fraction of sp³-hybridized carbons (Fsp3) is 0.316. The molecular formula is C19H22ClN3O. The van der Waals surface area contributed by atoms with Gasteiger partial charge in [0.1, 0.15) is 0 Å². The second-order valence-electron chi connectivity index (χ2n) is 6.08. The number of carbonyl (C=O) groups excluding carboxylic acids is 1. The summed E-state index contributed by atoms with van der Waals surface area (Å²) in [5.41, 5.74) is 8.27. The van der Waals surface area contributed by atoms with E-state index in [9.17, 15) is 4.79 Å². The number of hydrogen-bond acceptors (Lipinski definition) is 3. The first-order valence-corrected chi connectivity index (χ1v) is 8.59. The Morgan fingerprint density at radius 2 is 2.04 bits per heavy atom. The van der Waals surface area contributed by atoms with Gasteiger partial charge in [-0.1, -0.05) is 54.1 Å². The van der Waals surface area contributed by atoms with Gasteiger partial charge in [-0.25, -0.2) is 0 Å². The Morgan fingerprint density at radius 1 is 1.25 bits per heavy atom. The molecule has 2 aromatic rings. The fourth-order valence-corrected chi connectivity index (χ4v) is 3.34. The first-order chi connectivity index (χ1) is 11.6. The number of nitrogens with one attached hydrogen (secondary N) is 1. The van der Waals surface area contributed by atoms with Crippen LogP contribution in [0.2, 0.25) is 5.02 Å². The van der Waals surface area contributed by atoms with Crippen LogP contribution in [-0.2, 0) is 4.79 Å². The summed E-state index contributed by atoms with van der Waals surface area (Å²) < 4.78 is 0. The van der Waals surface area contributed by atoms with E-state index >= 15 is 0 Å². The molecule has 0 bridgehead atoms. The second kappa shape index (κ2) is 7.79. The van der Waals surface area contributed by atoms with Crippen molar-refractivity contribution >= 4 is 17.5 Å². The standard InChI is InChI=1S/C19H22ClN3O/c20-16-8-4-7-15(11-16)18-13-22-9-10-23(18)19(24)12-17(21)14-5-2-1-3-6-14/h1-8,11,17-18,22H,9-10,12-13,21H2. The van der Waals surface area contributed by atoms with Crippen molar-refractivity contribution in [1.29, 1.82) is 0 Å². The lowest BCUT2D eigenvalue weighted by Crippen LogP contribution is -2.49. The zero-order chi connectivity index (χ0) is 16.9. The molecule has 3 N–H and O–H groups in total. The monoisotopic (exact) mass is 343 g/mol. The highest BCUT2D eigenvalue weighted by molar-refractivity contribution is 6.30. The lowest BCUT2D eigenvalue weighted by molar-refractivity contribution is -0.135. The first-order valence-electron chi connectivity index (χ1n) is 8.21. The SMILES string of the molecule is NC(CC(=O)N1CCNCC1c1cccc(Cl)c1)c1ccccc1. The quantitative estimate of drug-likeness (QED) is 0.897. The number of carbonyl (C=O) groups is 1. The van der Waals surface area contributed by atoms with Gasteiger partial charge in [0.25, 0.3) is 0 Å². The molecule has 1 fully saturated rings. The number of piperazine rings is 1. The van der Waals surface area contributed by atoms with Crippen molar-refractivity contribution in [1.82, 2.24) is 10.2 Å². The number of benzene rings is 2. The van der Waals surface area contributed by atoms with Gasteiger partial charge in [0.15, 0.2) is 0 Å². The predicted octanol–water partition coefficient (Wildman–Crippen LogP) is 2.90. The summed E-state index contributed by atoms with van der Waals surface area (Å²) in [6.45, 7) is 2.20. The van der Waals surface area contributed by atoms with Crippen LogP contribution in [0.3, 0.4) is 0 Å². The zero-order valence-corrected chi connectivity index (χ0v) is 14.2. The Kier molecular flexibility index (Phi) is 5.51. The maximum absolute atomic E-state index is 12.8. The molecule has 4 nitrogen and oxygen atoms in total. The van der Waals surface area contributed by atoms with E-state index in [4.69, 9.17) is 17.3 Å². The molecule has 1 amide bonds. The van der Waals surface area contributed by atoms with Crippen LogP contribution in [0.1, 0.15) is 29.6 Å². The first kappa shape index (κ1) is 17.0. The average Bonchev–Trinajstić information content (AvgIpc) is 2.62. The summed E-state index contributed by atoms with van der Waals surface area (Å²) in [6, 6.07) is 17.2. The normalized spacial score (nSPS) is 19.1. The Labute approximate surface area is 147 Å². The van der Waals surface area contributed by atoms with Gasteiger partial charge in [-0.2, -0.15) is 0 Å². The van der Waals surface area contributed by atoms with E-state index in [0.717, 1.165) is 24.2 Å². The van der Waals surface area contributed by atoms with Crippen molar-refractivity contribution in [2.75, 3.05) is 19.6 Å². The fourth-order valence-electron chi connectivity index (χ4n) is 3.14. The number of hydrogen-bond donors (Lipinski definition) is 2. The molecular weight excluding hydrogens is 322 g/mol. The number of rotatable bonds is 4. The number of amides is 1. The third-order valence-corrected chi connectivity index (χ3v) is 4.65. The summed E-state index contributed by atoms with van der Waals surface area (Å²) in [5, 5.41) is 4.04. The lowest BCUT2D eigenvalue weighted by atomic mass is 10.00. The van der Waals surface area contributed by atoms with E-state index in [1.165, 1.54) is 0 Å². The van der Waals surface area contributed by atoms with E-state index in [2.05, 4.69) is 5.32 Å². The predicted molar refractivity (Wildman–Crippen MR) is 96.8 cm³/mol. The van der Waals surface area contributed by atoms with Crippen LogP contribution in [0.4, 0.5) is 0 Å². The summed E-state index contributed by atoms with van der Waals surface area (Å²) in [5.74, 6) is 0.0813. The van der Waals surface area contributed by atoms with Crippen molar-refractivity contribution in [3.63, 3.8) is 0 Å². The molecule has 0 aromatic heterocycles. The topological polar surface area (TPSA) is 58.4 Å². The molecule has 2 unspecified atom stereocenters. The molecule has 1 aliphatic rings. The maximum atomic E-state index is 12.8. The van der Waals surface area contributed by atoms with Crippen molar-refractivity contribution in [2.24, 2.45) is 5.73 Å². The zero-order valence-electron chi connectivity index (χ0n) is 13.5. The van der Waals surface area contributed by atoms with Gasteiger partial charge in [0, 0.05) is 37.1 Å². The second-order valence-corrected chi connectivity index (χ2v) is 6.52. The van der Waals surface area contributed by atoms with E-state index in [1.54, 1.807) is 0 Å². The highest BCUT2D eigenvalue weighted by Crippen LogP contribution is 2.26. The minimum atomic E-state index is -0.284. The van der Waals surface area contributed by atoms with Crippen LogP contribution in [0.5, 0.6) is 0 Å². The van der Waals surface area contributed by atoms with Gasteiger partial charge in [0.2, 0.25) is 5.91 Å². The molecule has 1 heterocycles. The molecule has 2 aromatic carbocycles. The lowest BCUT2D eigenvalue weighted by Gasteiger charge is -2.37. The third kappa shape index (κ3) is 3.96. The van der Waals surface area contributed by atoms with Crippen LogP contribution in [0.25, 0.3) is 0 Å². The van der Waals surface area contributed by atoms with Gasteiger partial charge in [-0.3, -0.25) is 4.79 Å². The molecule has 1 aliphatic heterocycles. The van der Waals surface area contributed by atoms with Gasteiger partial charge < -0.3 is 16.0 Å². The molecule has 5 heteroatoms. The molecule has 0 aliphatic carbocycles. The number of nitrogens with zero attached hydrogens (tertiary/aromatic N) is 1. The molecule has 3 rings (SSSR count). The van der Waals surface area contributed by atoms with E-state index < -0.39 is 0 Å².